The Kier molecular flexibility index (Phi) is 5.00. The van der Waals surface area contributed by atoms with Gasteiger partial charge >= 0.3 is 0 Å². The molecule has 0 fully saturated rings. The van der Waals surface area contributed by atoms with E-state index < -0.39 is 0 Å². The molecule has 2 heteroatoms. The fourth-order valence-electron chi connectivity index (χ4n) is 9.26. The molecule has 0 bridgehead atoms. The zero-order chi connectivity index (χ0) is 32.5. The van der Waals surface area contributed by atoms with E-state index in [0.717, 1.165) is 0 Å². The van der Waals surface area contributed by atoms with Gasteiger partial charge < -0.3 is 8.80 Å². The largest absolute Gasteiger partial charge is 0.308 e. The van der Waals surface area contributed by atoms with Crippen LogP contribution in [0.25, 0.3) is 110 Å². The third kappa shape index (κ3) is 3.19. The van der Waals surface area contributed by atoms with Crippen molar-refractivity contribution < 1.29 is 0 Å². The molecule has 0 atom stereocenters. The molecular formula is C48H28N2. The first-order chi connectivity index (χ1) is 24.9. The molecular weight excluding hydrogens is 605 g/mol. The highest BCUT2D eigenvalue weighted by atomic mass is 14.9. The van der Waals surface area contributed by atoms with Crippen molar-refractivity contribution in [2.24, 2.45) is 0 Å². The lowest BCUT2D eigenvalue weighted by Crippen LogP contribution is -1.91. The van der Waals surface area contributed by atoms with Crippen LogP contribution >= 0.6 is 0 Å². The predicted octanol–water partition coefficient (Wildman–Crippen LogP) is 13.0. The molecule has 0 saturated heterocycles. The second-order valence-corrected chi connectivity index (χ2v) is 13.6. The summed E-state index contributed by atoms with van der Waals surface area (Å²) in [4.78, 5) is 0. The molecule has 230 valence electrons. The van der Waals surface area contributed by atoms with Crippen molar-refractivity contribution in [2.45, 2.75) is 0 Å². The minimum atomic E-state index is 1.22. The molecule has 4 aromatic heterocycles. The van der Waals surface area contributed by atoms with Crippen LogP contribution in [0.3, 0.4) is 0 Å². The lowest BCUT2D eigenvalue weighted by atomic mass is 9.87. The minimum absolute atomic E-state index is 1.22. The maximum Gasteiger partial charge on any atom is 0.0634 e. The summed E-state index contributed by atoms with van der Waals surface area (Å²) in [6.07, 6.45) is 0. The Morgan fingerprint density at radius 2 is 0.680 bits per heavy atom. The number of benzene rings is 8. The zero-order valence-corrected chi connectivity index (χ0v) is 27.1. The van der Waals surface area contributed by atoms with Gasteiger partial charge in [-0.05, 0) is 57.6 Å². The maximum absolute atomic E-state index is 2.56. The summed E-state index contributed by atoms with van der Waals surface area (Å²) in [6.45, 7) is 0. The van der Waals surface area contributed by atoms with E-state index in [9.17, 15) is 0 Å². The summed E-state index contributed by atoms with van der Waals surface area (Å²) in [5.74, 6) is 0. The van der Waals surface area contributed by atoms with Gasteiger partial charge in [0.25, 0.3) is 0 Å². The number of nitrogens with zero attached hydrogens (tertiary/aromatic N) is 2. The first kappa shape index (κ1) is 26.3. The van der Waals surface area contributed by atoms with Gasteiger partial charge in [0.1, 0.15) is 0 Å². The van der Waals surface area contributed by atoms with Crippen LogP contribution in [-0.2, 0) is 0 Å². The molecule has 0 radical (unpaired) electrons. The summed E-state index contributed by atoms with van der Waals surface area (Å²) < 4.78 is 5.08. The Bertz CT molecular complexity index is 3230. The van der Waals surface area contributed by atoms with Crippen LogP contribution in [0.1, 0.15) is 0 Å². The van der Waals surface area contributed by atoms with Crippen molar-refractivity contribution in [3.8, 4) is 33.4 Å². The van der Waals surface area contributed by atoms with Gasteiger partial charge in [0.05, 0.1) is 33.1 Å². The van der Waals surface area contributed by atoms with Gasteiger partial charge in [-0.3, -0.25) is 0 Å². The van der Waals surface area contributed by atoms with Crippen LogP contribution in [0, 0.1) is 0 Å². The molecule has 2 nitrogen and oxygen atoms in total. The number of hydrogen-bond donors (Lipinski definition) is 0. The van der Waals surface area contributed by atoms with E-state index in [0.29, 0.717) is 0 Å². The van der Waals surface area contributed by atoms with Crippen LogP contribution < -0.4 is 0 Å². The average Bonchev–Trinajstić information content (AvgIpc) is 3.91. The molecule has 0 amide bonds. The van der Waals surface area contributed by atoms with E-state index in [2.05, 4.69) is 179 Å². The van der Waals surface area contributed by atoms with E-state index in [1.165, 1.54) is 110 Å². The smallest absolute Gasteiger partial charge is 0.0634 e. The monoisotopic (exact) mass is 632 g/mol. The molecule has 0 unspecified atom stereocenters. The number of para-hydroxylation sites is 3. The van der Waals surface area contributed by atoms with Crippen LogP contribution in [0.5, 0.6) is 0 Å². The highest BCUT2D eigenvalue weighted by Gasteiger charge is 2.28. The van der Waals surface area contributed by atoms with E-state index >= 15 is 0 Å². The Hall–Kier alpha value is -6.64. The van der Waals surface area contributed by atoms with E-state index in [1.54, 1.807) is 0 Å². The summed E-state index contributed by atoms with van der Waals surface area (Å²) in [6, 6.07) is 62.5. The van der Waals surface area contributed by atoms with Crippen LogP contribution in [0.4, 0.5) is 0 Å². The molecule has 0 aliphatic rings. The average molecular weight is 633 g/mol. The summed E-state index contributed by atoms with van der Waals surface area (Å²) in [5.41, 5.74) is 15.1. The van der Waals surface area contributed by atoms with Crippen molar-refractivity contribution >= 4 is 76.2 Å². The third-order valence-electron chi connectivity index (χ3n) is 11.2. The first-order valence-corrected chi connectivity index (χ1v) is 17.4. The molecule has 12 aromatic rings. The first-order valence-electron chi connectivity index (χ1n) is 17.4. The fraction of sp³-hybridized carbons (Fsp3) is 0. The van der Waals surface area contributed by atoms with E-state index in [4.69, 9.17) is 0 Å². The van der Waals surface area contributed by atoms with Gasteiger partial charge in [0.2, 0.25) is 0 Å². The fourth-order valence-corrected chi connectivity index (χ4v) is 9.26. The minimum Gasteiger partial charge on any atom is -0.308 e. The van der Waals surface area contributed by atoms with E-state index in [-0.39, 0.29) is 0 Å². The van der Waals surface area contributed by atoms with Crippen molar-refractivity contribution in [1.29, 1.82) is 0 Å². The summed E-state index contributed by atoms with van der Waals surface area (Å²) in [5, 5.41) is 10.6. The summed E-state index contributed by atoms with van der Waals surface area (Å²) >= 11 is 0. The zero-order valence-electron chi connectivity index (χ0n) is 27.1. The molecule has 0 saturated carbocycles. The number of hydrogen-bond acceptors (Lipinski definition) is 0. The van der Waals surface area contributed by atoms with Gasteiger partial charge in [-0.2, -0.15) is 0 Å². The Morgan fingerprint density at radius 1 is 0.280 bits per heavy atom. The Balaban J connectivity index is 1.30. The lowest BCUT2D eigenvalue weighted by Gasteiger charge is -2.16. The normalized spacial score (nSPS) is 12.4. The van der Waals surface area contributed by atoms with Crippen molar-refractivity contribution in [2.75, 3.05) is 0 Å². The second kappa shape index (κ2) is 9.49. The number of aromatic nitrogens is 2. The lowest BCUT2D eigenvalue weighted by molar-refractivity contribution is 1.37. The van der Waals surface area contributed by atoms with Gasteiger partial charge in [-0.25, -0.2) is 0 Å². The third-order valence-corrected chi connectivity index (χ3v) is 11.2. The predicted molar refractivity (Wildman–Crippen MR) is 212 cm³/mol. The molecule has 12 rings (SSSR count). The summed E-state index contributed by atoms with van der Waals surface area (Å²) in [7, 11) is 0. The topological polar surface area (TPSA) is 8.82 Å². The molecule has 50 heavy (non-hydrogen) atoms. The van der Waals surface area contributed by atoms with Crippen molar-refractivity contribution in [1.82, 2.24) is 8.80 Å². The Labute approximate surface area is 287 Å². The number of fused-ring (bicyclic) bond motifs is 14. The van der Waals surface area contributed by atoms with E-state index in [1.807, 2.05) is 0 Å². The molecule has 0 aliphatic heterocycles. The van der Waals surface area contributed by atoms with Crippen LogP contribution in [-0.4, -0.2) is 8.80 Å². The van der Waals surface area contributed by atoms with Crippen molar-refractivity contribution in [3.05, 3.63) is 170 Å². The highest BCUT2D eigenvalue weighted by Crippen LogP contribution is 2.52. The number of rotatable bonds is 3. The highest BCUT2D eigenvalue weighted by molar-refractivity contribution is 6.45. The molecule has 4 heterocycles. The standard InChI is InChI=1S/C48H28N2/c1-3-14-29(15-4-1)32-21-13-22-33(30-16-5-2-6-17-30)42(32)31-26-27-37-41(28-31)50-40-25-12-9-20-36(40)44-43-34-18-7-10-23-38(34)49-39-24-11-8-19-35(39)45(47(43)49)46(37)48(44)50/h1-28H. The maximum atomic E-state index is 2.56. The second-order valence-electron chi connectivity index (χ2n) is 13.6. The van der Waals surface area contributed by atoms with Gasteiger partial charge in [-0.15, -0.1) is 0 Å². The molecule has 0 spiro atoms. The van der Waals surface area contributed by atoms with Gasteiger partial charge in [0, 0.05) is 43.1 Å². The molecule has 0 N–H and O–H groups in total. The van der Waals surface area contributed by atoms with Crippen LogP contribution in [0.2, 0.25) is 0 Å². The van der Waals surface area contributed by atoms with Gasteiger partial charge in [-0.1, -0.05) is 146 Å². The molecule has 0 aliphatic carbocycles. The quantitative estimate of drug-likeness (QED) is 0.183. The molecule has 8 aromatic carbocycles. The van der Waals surface area contributed by atoms with Crippen molar-refractivity contribution in [3.63, 3.8) is 0 Å². The SMILES string of the molecule is c1ccc(-c2cccc(-c3ccccc3)c2-c2ccc3c4c5c6ccccc6n6c7ccccc7c(c7c8ccccc8n(c3c2)c74)c56)cc1. The Morgan fingerprint density at radius 3 is 1.16 bits per heavy atom. The van der Waals surface area contributed by atoms with Crippen LogP contribution in [0.15, 0.2) is 170 Å². The van der Waals surface area contributed by atoms with Gasteiger partial charge in [0.15, 0.2) is 0 Å².